The van der Waals surface area contributed by atoms with E-state index in [4.69, 9.17) is 16.3 Å². The van der Waals surface area contributed by atoms with E-state index >= 15 is 0 Å². The second-order valence-corrected chi connectivity index (χ2v) is 7.75. The largest absolute Gasteiger partial charge is 0.494 e. The van der Waals surface area contributed by atoms with Gasteiger partial charge in [0, 0.05) is 5.56 Å². The average Bonchev–Trinajstić information content (AvgIpc) is 2.72. The molecule has 2 nitrogen and oxygen atoms in total. The molecule has 3 heteroatoms. The number of unbranched alkanes of at least 4 members (excludes halogenated alkanes) is 9. The normalized spacial score (nSPS) is 10.8. The fourth-order valence-corrected chi connectivity index (χ4v) is 3.44. The summed E-state index contributed by atoms with van der Waals surface area (Å²) in [6.07, 6.45) is 13.3. The van der Waals surface area contributed by atoms with E-state index in [9.17, 15) is 4.79 Å². The number of carbonyl (C=O) groups excluding carboxylic acids is 1. The van der Waals surface area contributed by atoms with Crippen molar-refractivity contribution in [3.8, 4) is 16.9 Å². The van der Waals surface area contributed by atoms with Crippen LogP contribution >= 0.6 is 11.6 Å². The lowest BCUT2D eigenvalue weighted by atomic mass is 10.0. The second-order valence-electron chi connectivity index (χ2n) is 7.41. The van der Waals surface area contributed by atoms with Gasteiger partial charge in [0.2, 0.25) is 0 Å². The molecule has 2 aromatic carbocycles. The first-order valence-corrected chi connectivity index (χ1v) is 11.1. The van der Waals surface area contributed by atoms with Crippen LogP contribution in [0.4, 0.5) is 0 Å². The lowest BCUT2D eigenvalue weighted by Crippen LogP contribution is -1.97. The van der Waals surface area contributed by atoms with Crippen molar-refractivity contribution in [2.75, 3.05) is 6.61 Å². The monoisotopic (exact) mass is 400 g/mol. The SMILES string of the molecule is CCCCCCCCCCCCOc1ccc(-c2ccc(C(=O)Cl)cc2)cc1. The van der Waals surface area contributed by atoms with Gasteiger partial charge in [-0.2, -0.15) is 0 Å². The van der Waals surface area contributed by atoms with Gasteiger partial charge in [0.15, 0.2) is 0 Å². The van der Waals surface area contributed by atoms with Crippen LogP contribution in [-0.4, -0.2) is 11.8 Å². The number of rotatable bonds is 14. The summed E-state index contributed by atoms with van der Waals surface area (Å²) in [6, 6.07) is 15.4. The van der Waals surface area contributed by atoms with Gasteiger partial charge < -0.3 is 4.74 Å². The minimum Gasteiger partial charge on any atom is -0.494 e. The first kappa shape index (κ1) is 22.5. The van der Waals surface area contributed by atoms with Gasteiger partial charge in [-0.3, -0.25) is 4.79 Å². The van der Waals surface area contributed by atoms with Gasteiger partial charge in [0.05, 0.1) is 6.61 Å². The molecule has 28 heavy (non-hydrogen) atoms. The van der Waals surface area contributed by atoms with Gasteiger partial charge in [-0.25, -0.2) is 0 Å². The fraction of sp³-hybridized carbons (Fsp3) is 0.480. The zero-order valence-corrected chi connectivity index (χ0v) is 17.8. The minimum absolute atomic E-state index is 0.428. The minimum atomic E-state index is -0.428. The zero-order valence-electron chi connectivity index (χ0n) is 17.1. The molecule has 2 rings (SSSR count). The number of halogens is 1. The van der Waals surface area contributed by atoms with Gasteiger partial charge in [0.25, 0.3) is 5.24 Å². The van der Waals surface area contributed by atoms with Crippen molar-refractivity contribution in [3.63, 3.8) is 0 Å². The van der Waals surface area contributed by atoms with Crippen LogP contribution in [0.15, 0.2) is 48.5 Å². The van der Waals surface area contributed by atoms with E-state index in [1.807, 2.05) is 36.4 Å². The molecule has 0 aromatic heterocycles. The Hall–Kier alpha value is -1.80. The summed E-state index contributed by atoms with van der Waals surface area (Å²) in [5.41, 5.74) is 2.67. The molecule has 0 heterocycles. The summed E-state index contributed by atoms with van der Waals surface area (Å²) in [5, 5.41) is -0.428. The number of hydrogen-bond donors (Lipinski definition) is 0. The first-order valence-electron chi connectivity index (χ1n) is 10.7. The predicted molar refractivity (Wildman–Crippen MR) is 119 cm³/mol. The van der Waals surface area contributed by atoms with E-state index in [1.54, 1.807) is 12.1 Å². The highest BCUT2D eigenvalue weighted by Crippen LogP contribution is 2.23. The molecule has 0 aliphatic rings. The Morgan fingerprint density at radius 2 is 1.18 bits per heavy atom. The van der Waals surface area contributed by atoms with Gasteiger partial charge >= 0.3 is 0 Å². The maximum atomic E-state index is 11.1. The zero-order chi connectivity index (χ0) is 20.0. The highest BCUT2D eigenvalue weighted by Gasteiger charge is 2.03. The summed E-state index contributed by atoms with van der Waals surface area (Å²) in [5.74, 6) is 0.909. The molecule has 0 amide bonds. The van der Waals surface area contributed by atoms with E-state index < -0.39 is 5.24 Å². The second kappa shape index (κ2) is 13.4. The molecule has 0 saturated heterocycles. The number of carbonyl (C=O) groups is 1. The van der Waals surface area contributed by atoms with Crippen LogP contribution in [0.3, 0.4) is 0 Å². The smallest absolute Gasteiger partial charge is 0.252 e. The van der Waals surface area contributed by atoms with Crippen LogP contribution in [0.25, 0.3) is 11.1 Å². The molecule has 0 radical (unpaired) electrons. The summed E-state index contributed by atoms with van der Waals surface area (Å²) >= 11 is 5.49. The molecule has 0 aliphatic carbocycles. The van der Waals surface area contributed by atoms with Crippen molar-refractivity contribution in [1.29, 1.82) is 0 Å². The van der Waals surface area contributed by atoms with E-state index in [1.165, 1.54) is 57.8 Å². The number of ether oxygens (including phenoxy) is 1. The Morgan fingerprint density at radius 3 is 1.68 bits per heavy atom. The molecule has 0 spiro atoms. The first-order chi connectivity index (χ1) is 13.7. The van der Waals surface area contributed by atoms with E-state index in [2.05, 4.69) is 6.92 Å². The molecule has 0 aliphatic heterocycles. The summed E-state index contributed by atoms with van der Waals surface area (Å²) in [7, 11) is 0. The third-order valence-electron chi connectivity index (χ3n) is 5.07. The van der Waals surface area contributed by atoms with Crippen LogP contribution in [0.1, 0.15) is 81.5 Å². The number of hydrogen-bond acceptors (Lipinski definition) is 2. The summed E-state index contributed by atoms with van der Waals surface area (Å²) in [6.45, 7) is 3.05. The predicted octanol–water partition coefficient (Wildman–Crippen LogP) is 8.03. The van der Waals surface area contributed by atoms with Gasteiger partial charge in [-0.15, -0.1) is 0 Å². The maximum absolute atomic E-state index is 11.1. The molecule has 0 unspecified atom stereocenters. The van der Waals surface area contributed by atoms with Crippen LogP contribution in [0, 0.1) is 0 Å². The van der Waals surface area contributed by atoms with Gasteiger partial charge in [0.1, 0.15) is 5.75 Å². The van der Waals surface area contributed by atoms with E-state index in [-0.39, 0.29) is 0 Å². The summed E-state index contributed by atoms with van der Waals surface area (Å²) in [4.78, 5) is 11.1. The topological polar surface area (TPSA) is 26.3 Å². The highest BCUT2D eigenvalue weighted by atomic mass is 35.5. The van der Waals surface area contributed by atoms with Gasteiger partial charge in [-0.1, -0.05) is 89.0 Å². The lowest BCUT2D eigenvalue weighted by Gasteiger charge is -2.08. The van der Waals surface area contributed by atoms with Crippen LogP contribution < -0.4 is 4.74 Å². The van der Waals surface area contributed by atoms with Crippen molar-refractivity contribution >= 4 is 16.8 Å². The van der Waals surface area contributed by atoms with Crippen molar-refractivity contribution in [2.45, 2.75) is 71.1 Å². The highest BCUT2D eigenvalue weighted by molar-refractivity contribution is 6.67. The van der Waals surface area contributed by atoms with Crippen LogP contribution in [0.2, 0.25) is 0 Å². The third kappa shape index (κ3) is 8.48. The standard InChI is InChI=1S/C25H33ClO2/c1-2-3-4-5-6-7-8-9-10-11-20-28-24-18-16-22(17-19-24)21-12-14-23(15-13-21)25(26)27/h12-19H,2-11,20H2,1H3. The van der Waals surface area contributed by atoms with Crippen molar-refractivity contribution in [1.82, 2.24) is 0 Å². The molecule has 0 saturated carbocycles. The quantitative estimate of drug-likeness (QED) is 0.237. The fourth-order valence-electron chi connectivity index (χ4n) is 3.32. The van der Waals surface area contributed by atoms with Crippen molar-refractivity contribution in [3.05, 3.63) is 54.1 Å². The Morgan fingerprint density at radius 1 is 0.714 bits per heavy atom. The van der Waals surface area contributed by atoms with Crippen LogP contribution in [-0.2, 0) is 0 Å². The molecule has 2 aromatic rings. The molecular weight excluding hydrogens is 368 g/mol. The Bertz CT molecular complexity index is 677. The molecular formula is C25H33ClO2. The maximum Gasteiger partial charge on any atom is 0.252 e. The molecule has 152 valence electrons. The average molecular weight is 401 g/mol. The Balaban J connectivity index is 1.59. The van der Waals surface area contributed by atoms with Crippen molar-refractivity contribution in [2.24, 2.45) is 0 Å². The molecule has 0 bridgehead atoms. The molecule has 0 atom stereocenters. The van der Waals surface area contributed by atoms with E-state index in [0.717, 1.165) is 29.9 Å². The lowest BCUT2D eigenvalue weighted by molar-refractivity contribution is 0.108. The van der Waals surface area contributed by atoms with E-state index in [0.29, 0.717) is 5.56 Å². The summed E-state index contributed by atoms with van der Waals surface area (Å²) < 4.78 is 5.86. The van der Waals surface area contributed by atoms with Crippen molar-refractivity contribution < 1.29 is 9.53 Å². The molecule has 0 N–H and O–H groups in total. The Labute approximate surface area is 175 Å². The van der Waals surface area contributed by atoms with Gasteiger partial charge in [-0.05, 0) is 53.4 Å². The third-order valence-corrected chi connectivity index (χ3v) is 5.28. The Kier molecular flexibility index (Phi) is 10.8. The molecule has 0 fully saturated rings. The number of benzene rings is 2. The van der Waals surface area contributed by atoms with Crippen LogP contribution in [0.5, 0.6) is 5.75 Å².